The average Bonchev–Trinajstić information content (AvgIpc) is 3.12. The summed E-state index contributed by atoms with van der Waals surface area (Å²) in [5.74, 6) is -5.82. The van der Waals surface area contributed by atoms with Crippen molar-refractivity contribution in [2.24, 2.45) is 11.3 Å². The number of hydrogen-bond donors (Lipinski definition) is 2. The lowest BCUT2D eigenvalue weighted by molar-refractivity contribution is -0.342. The maximum absolute atomic E-state index is 13.5. The number of nitrogen functional groups attached to an aromatic ring is 1. The SMILES string of the molecule is CC(C)c1cc(Oc2ccc(C(=O)OCC(C)(C(F)(F)F)C(F)(F)F)c(CNc3ccc(Oc4ccc(N)cc4)cc3)c2)ccc1C(=O)CCC(C(F)(F)F)C(F)(F)F. The molecule has 4 rings (SSSR count). The molecule has 0 saturated heterocycles. The molecule has 0 aliphatic rings. The zero-order valence-electron chi connectivity index (χ0n) is 31.2. The molecule has 0 atom stereocenters. The Hall–Kier alpha value is -5.62. The fourth-order valence-corrected chi connectivity index (χ4v) is 5.50. The molecular weight excluding hydrogens is 816 g/mol. The van der Waals surface area contributed by atoms with E-state index in [9.17, 15) is 62.3 Å². The minimum Gasteiger partial charge on any atom is -0.461 e. The number of ether oxygens (including phenoxy) is 3. The van der Waals surface area contributed by atoms with Gasteiger partial charge in [-0.2, -0.15) is 52.7 Å². The van der Waals surface area contributed by atoms with Gasteiger partial charge < -0.3 is 25.3 Å². The molecule has 3 N–H and O–H groups in total. The van der Waals surface area contributed by atoms with Crippen LogP contribution in [0.5, 0.6) is 23.0 Å². The lowest BCUT2D eigenvalue weighted by Gasteiger charge is -2.33. The van der Waals surface area contributed by atoms with Gasteiger partial charge in [-0.05, 0) is 115 Å². The standard InChI is InChI=1S/C40H36F12N2O5/c1-22(2)32-19-29(13-15-31(32)33(55)16-17-34(37(41,42)43)38(44,45)46)59-28-12-14-30(35(56)57-21-36(3,39(47,48)49)40(50,51)52)23(18-28)20-54-25-6-10-27(11-7-25)58-26-8-4-24(53)5-9-26/h4-15,18-19,22,34,54H,16-17,20-21,53H2,1-3H3. The van der Waals surface area contributed by atoms with Gasteiger partial charge in [-0.15, -0.1) is 0 Å². The molecule has 0 heterocycles. The quantitative estimate of drug-likeness (QED) is 0.0532. The van der Waals surface area contributed by atoms with Crippen molar-refractivity contribution < 1.29 is 76.5 Å². The van der Waals surface area contributed by atoms with Gasteiger partial charge in [-0.25, -0.2) is 4.79 Å². The molecule has 0 aliphatic carbocycles. The molecule has 0 fully saturated rings. The van der Waals surface area contributed by atoms with Crippen molar-refractivity contribution in [2.45, 2.75) is 70.8 Å². The smallest absolute Gasteiger partial charge is 0.406 e. The highest BCUT2D eigenvalue weighted by Gasteiger charge is 2.68. The van der Waals surface area contributed by atoms with Crippen LogP contribution in [0.3, 0.4) is 0 Å². The molecular formula is C40H36F12N2O5. The highest BCUT2D eigenvalue weighted by atomic mass is 19.4. The Morgan fingerprint density at radius 1 is 0.661 bits per heavy atom. The van der Waals surface area contributed by atoms with Crippen molar-refractivity contribution in [1.29, 1.82) is 0 Å². The van der Waals surface area contributed by atoms with Gasteiger partial charge in [0.15, 0.2) is 17.1 Å². The molecule has 0 aromatic heterocycles. The molecule has 320 valence electrons. The van der Waals surface area contributed by atoms with Crippen LogP contribution in [-0.4, -0.2) is 43.1 Å². The second-order valence-corrected chi connectivity index (χ2v) is 13.9. The normalized spacial score (nSPS) is 12.8. The Bertz CT molecular complexity index is 2050. The van der Waals surface area contributed by atoms with Crippen LogP contribution in [0.2, 0.25) is 0 Å². The maximum Gasteiger partial charge on any atom is 0.406 e. The second kappa shape index (κ2) is 17.7. The zero-order valence-corrected chi connectivity index (χ0v) is 31.2. The molecule has 0 aliphatic heterocycles. The van der Waals surface area contributed by atoms with E-state index in [0.29, 0.717) is 22.9 Å². The van der Waals surface area contributed by atoms with Gasteiger partial charge in [-0.1, -0.05) is 13.8 Å². The number of nitrogens with two attached hydrogens (primary N) is 1. The number of ketones is 1. The molecule has 0 amide bonds. The van der Waals surface area contributed by atoms with E-state index < -0.39 is 78.7 Å². The van der Waals surface area contributed by atoms with Crippen LogP contribution in [0.1, 0.15) is 71.4 Å². The van der Waals surface area contributed by atoms with Crippen molar-refractivity contribution in [3.63, 3.8) is 0 Å². The zero-order chi connectivity index (χ0) is 44.1. The summed E-state index contributed by atoms with van der Waals surface area (Å²) in [5, 5.41) is 2.98. The number of alkyl halides is 12. The molecule has 7 nitrogen and oxygen atoms in total. The Morgan fingerprint density at radius 2 is 1.14 bits per heavy atom. The van der Waals surface area contributed by atoms with Crippen molar-refractivity contribution in [3.8, 4) is 23.0 Å². The molecule has 4 aromatic rings. The monoisotopic (exact) mass is 852 g/mol. The molecule has 59 heavy (non-hydrogen) atoms. The molecule has 0 bridgehead atoms. The van der Waals surface area contributed by atoms with Crippen LogP contribution in [0.4, 0.5) is 64.1 Å². The summed E-state index contributed by atoms with van der Waals surface area (Å²) in [6, 6.07) is 20.0. The van der Waals surface area contributed by atoms with Crippen molar-refractivity contribution in [2.75, 3.05) is 17.7 Å². The first-order valence-corrected chi connectivity index (χ1v) is 17.5. The van der Waals surface area contributed by atoms with Crippen molar-refractivity contribution >= 4 is 23.1 Å². The minimum absolute atomic E-state index is 0.0183. The van der Waals surface area contributed by atoms with Gasteiger partial charge >= 0.3 is 30.7 Å². The first-order chi connectivity index (χ1) is 27.2. The van der Waals surface area contributed by atoms with E-state index in [4.69, 9.17) is 15.2 Å². The van der Waals surface area contributed by atoms with Gasteiger partial charge in [0.2, 0.25) is 0 Å². The van der Waals surface area contributed by atoms with Crippen LogP contribution < -0.4 is 20.5 Å². The molecule has 19 heteroatoms. The minimum atomic E-state index is -5.83. The summed E-state index contributed by atoms with van der Waals surface area (Å²) in [7, 11) is 0. The summed E-state index contributed by atoms with van der Waals surface area (Å²) in [4.78, 5) is 26.0. The van der Waals surface area contributed by atoms with Crippen LogP contribution in [-0.2, 0) is 11.3 Å². The summed E-state index contributed by atoms with van der Waals surface area (Å²) in [6.45, 7) is 0.708. The van der Waals surface area contributed by atoms with E-state index in [-0.39, 0.29) is 41.7 Å². The fraction of sp³-hybridized carbons (Fsp3) is 0.350. The number of Topliss-reactive ketones (excluding diaryl/α,β-unsaturated/α-hetero) is 1. The summed E-state index contributed by atoms with van der Waals surface area (Å²) < 4.78 is 176. The fourth-order valence-electron chi connectivity index (χ4n) is 5.50. The van der Waals surface area contributed by atoms with Crippen LogP contribution in [0.15, 0.2) is 84.9 Å². The number of carbonyl (C=O) groups is 2. The number of carbonyl (C=O) groups excluding carboxylic acids is 2. The van der Waals surface area contributed by atoms with E-state index in [1.165, 1.54) is 18.2 Å². The first kappa shape index (κ1) is 46.1. The predicted octanol–water partition coefficient (Wildman–Crippen LogP) is 12.6. The van der Waals surface area contributed by atoms with Crippen LogP contribution in [0, 0.1) is 11.3 Å². The highest BCUT2D eigenvalue weighted by molar-refractivity contribution is 5.98. The van der Waals surface area contributed by atoms with Crippen LogP contribution in [0.25, 0.3) is 0 Å². The van der Waals surface area contributed by atoms with Gasteiger partial charge in [0.25, 0.3) is 0 Å². The largest absolute Gasteiger partial charge is 0.461 e. The van der Waals surface area contributed by atoms with Gasteiger partial charge in [-0.3, -0.25) is 4.79 Å². The number of rotatable bonds is 15. The topological polar surface area (TPSA) is 99.9 Å². The van der Waals surface area contributed by atoms with E-state index in [0.717, 1.165) is 18.2 Å². The number of halogens is 12. The summed E-state index contributed by atoms with van der Waals surface area (Å²) >= 11 is 0. The molecule has 0 saturated carbocycles. The summed E-state index contributed by atoms with van der Waals surface area (Å²) in [5.41, 5.74) is 1.85. The van der Waals surface area contributed by atoms with Gasteiger partial charge in [0.05, 0.1) is 5.56 Å². The number of benzene rings is 4. The Kier molecular flexibility index (Phi) is 13.8. The summed E-state index contributed by atoms with van der Waals surface area (Å²) in [6.07, 6.45) is -25.5. The van der Waals surface area contributed by atoms with Crippen molar-refractivity contribution in [1.82, 2.24) is 0 Å². The third-order valence-electron chi connectivity index (χ3n) is 9.12. The maximum atomic E-state index is 13.5. The van der Waals surface area contributed by atoms with Crippen LogP contribution >= 0.6 is 0 Å². The molecule has 0 spiro atoms. The van der Waals surface area contributed by atoms with Gasteiger partial charge in [0.1, 0.15) is 29.6 Å². The Morgan fingerprint density at radius 3 is 1.64 bits per heavy atom. The third-order valence-corrected chi connectivity index (χ3v) is 9.12. The molecule has 4 aromatic carbocycles. The first-order valence-electron chi connectivity index (χ1n) is 17.5. The Balaban J connectivity index is 1.60. The highest BCUT2D eigenvalue weighted by Crippen LogP contribution is 2.50. The van der Waals surface area contributed by atoms with Gasteiger partial charge in [0, 0.05) is 29.9 Å². The second-order valence-electron chi connectivity index (χ2n) is 13.9. The van der Waals surface area contributed by atoms with E-state index >= 15 is 0 Å². The lowest BCUT2D eigenvalue weighted by atomic mass is 9.90. The number of hydrogen-bond acceptors (Lipinski definition) is 7. The lowest BCUT2D eigenvalue weighted by Crippen LogP contribution is -2.51. The van der Waals surface area contributed by atoms with E-state index in [2.05, 4.69) is 10.1 Å². The molecule has 0 radical (unpaired) electrons. The number of anilines is 2. The Labute approximate surface area is 329 Å². The number of esters is 1. The number of nitrogens with one attached hydrogen (secondary N) is 1. The predicted molar refractivity (Wildman–Crippen MR) is 191 cm³/mol. The van der Waals surface area contributed by atoms with E-state index in [1.54, 1.807) is 62.4 Å². The van der Waals surface area contributed by atoms with E-state index in [1.807, 2.05) is 0 Å². The average molecular weight is 853 g/mol. The molecule has 0 unspecified atom stereocenters. The third kappa shape index (κ3) is 11.7. The van der Waals surface area contributed by atoms with Crippen molar-refractivity contribution in [3.05, 3.63) is 107 Å².